The van der Waals surface area contributed by atoms with Crippen molar-refractivity contribution in [3.05, 3.63) is 18.2 Å². The minimum atomic E-state index is -0.419. The lowest BCUT2D eigenvalue weighted by molar-refractivity contribution is 0.190. The second kappa shape index (κ2) is 6.88. The van der Waals surface area contributed by atoms with E-state index in [0.717, 1.165) is 5.69 Å². The lowest BCUT2D eigenvalue weighted by atomic mass is 10.3. The number of aliphatic hydroxyl groups excluding tert-OH is 1. The van der Waals surface area contributed by atoms with Crippen LogP contribution in [0.1, 0.15) is 18.7 Å². The third kappa shape index (κ3) is 4.44. The summed E-state index contributed by atoms with van der Waals surface area (Å²) in [4.78, 5) is 3.85. The van der Waals surface area contributed by atoms with Crippen molar-refractivity contribution < 1.29 is 5.11 Å². The van der Waals surface area contributed by atoms with Crippen LogP contribution in [-0.2, 0) is 7.05 Å². The van der Waals surface area contributed by atoms with E-state index in [9.17, 15) is 0 Å². The van der Waals surface area contributed by atoms with Crippen molar-refractivity contribution in [3.63, 3.8) is 0 Å². The molecule has 0 aliphatic heterocycles. The molecule has 0 spiro atoms. The first-order chi connectivity index (χ1) is 5.63. The van der Waals surface area contributed by atoms with E-state index in [1.165, 1.54) is 0 Å². The van der Waals surface area contributed by atoms with Gasteiger partial charge >= 0.3 is 18.2 Å². The van der Waals surface area contributed by atoms with Gasteiger partial charge in [0.2, 0.25) is 0 Å². The molecule has 0 fully saturated rings. The zero-order chi connectivity index (χ0) is 9.56. The fourth-order valence-corrected chi connectivity index (χ4v) is 0.770. The number of aliphatic hydroxyl groups is 1. The van der Waals surface area contributed by atoms with Gasteiger partial charge in [-0.15, -0.1) is 5.05 Å². The summed E-state index contributed by atoms with van der Waals surface area (Å²) in [5, 5.41) is 11.2. The number of aromatic nitrogens is 2. The molecule has 12 heavy (non-hydrogen) atoms. The lowest BCUT2D eigenvalue weighted by Crippen LogP contribution is -1.98. The molecule has 1 aromatic heterocycles. The fourth-order valence-electron chi connectivity index (χ4n) is 0.770. The van der Waals surface area contributed by atoms with Crippen LogP contribution in [0, 0.1) is 0 Å². The molecule has 1 rings (SSSR count). The molecule has 0 aliphatic rings. The van der Waals surface area contributed by atoms with Crippen LogP contribution in [0.4, 0.5) is 0 Å². The van der Waals surface area contributed by atoms with Crippen molar-refractivity contribution in [2.24, 2.45) is 7.05 Å². The van der Waals surface area contributed by atoms with Crippen LogP contribution >= 0.6 is 12.9 Å². The van der Waals surface area contributed by atoms with Crippen LogP contribution in [0.25, 0.3) is 0 Å². The van der Waals surface area contributed by atoms with Crippen molar-refractivity contribution in [1.82, 2.24) is 9.55 Å². The second-order valence-corrected chi connectivity index (χ2v) is 6.27. The van der Waals surface area contributed by atoms with Crippen LogP contribution in [0.2, 0.25) is 5.05 Å². The van der Waals surface area contributed by atoms with E-state index in [-0.39, 0.29) is 18.2 Å². The molecule has 1 atom stereocenters. The van der Waals surface area contributed by atoms with E-state index in [1.54, 1.807) is 24.0 Å². The molecular weight excluding hydrogens is 232 g/mol. The van der Waals surface area contributed by atoms with Crippen molar-refractivity contribution in [2.45, 2.75) is 18.1 Å². The lowest BCUT2D eigenvalue weighted by Gasteiger charge is -2.02. The zero-order valence-electron chi connectivity index (χ0n) is 7.66. The molecule has 1 unspecified atom stereocenters. The van der Waals surface area contributed by atoms with Gasteiger partial charge in [-0.2, -0.15) is 0 Å². The van der Waals surface area contributed by atoms with Crippen LogP contribution in [-0.4, -0.2) is 32.9 Å². The Morgan fingerprint density at radius 3 is 2.42 bits per heavy atom. The standard InChI is InChI=1S/C6H10N2O.CH3.BrH.Mg/c1-5(9)6-3-7-4-8(6)2;;;/h3-5,9H,1-2H3;1H3;1H;/q;;;+1/p-1. The van der Waals surface area contributed by atoms with Gasteiger partial charge in [0.15, 0.2) is 0 Å². The molecular formula is C7H13BrMgN2O. The zero-order valence-corrected chi connectivity index (χ0v) is 10.7. The van der Waals surface area contributed by atoms with Crippen LogP contribution < -0.4 is 0 Å². The molecule has 1 aromatic rings. The second-order valence-electron chi connectivity index (χ2n) is 2.37. The van der Waals surface area contributed by atoms with E-state index in [0.29, 0.717) is 0 Å². The molecule has 0 saturated carbocycles. The van der Waals surface area contributed by atoms with Gasteiger partial charge in [0.1, 0.15) is 0 Å². The predicted molar refractivity (Wildman–Crippen MR) is 54.4 cm³/mol. The Balaban J connectivity index is 0.000000354. The maximum absolute atomic E-state index is 9.03. The molecule has 0 aromatic carbocycles. The third-order valence-corrected chi connectivity index (χ3v) is 1.28. The van der Waals surface area contributed by atoms with Gasteiger partial charge in [-0.1, -0.05) is 0 Å². The minimum absolute atomic E-state index is 0.229. The number of halogens is 1. The van der Waals surface area contributed by atoms with Gasteiger partial charge in [-0.3, -0.25) is 0 Å². The number of aryl methyl sites for hydroxylation is 1. The van der Waals surface area contributed by atoms with Gasteiger partial charge in [0, 0.05) is 7.05 Å². The maximum atomic E-state index is 9.03. The van der Waals surface area contributed by atoms with E-state index in [4.69, 9.17) is 5.11 Å². The molecule has 1 N–H and O–H groups in total. The first-order valence-corrected chi connectivity index (χ1v) is 9.15. The van der Waals surface area contributed by atoms with Gasteiger partial charge in [-0.05, 0) is 6.92 Å². The Hall–Kier alpha value is 0.416. The monoisotopic (exact) mass is 244 g/mol. The van der Waals surface area contributed by atoms with Crippen molar-refractivity contribution in [3.8, 4) is 0 Å². The molecule has 1 heterocycles. The third-order valence-electron chi connectivity index (χ3n) is 1.28. The average molecular weight is 245 g/mol. The molecule has 0 amide bonds. The van der Waals surface area contributed by atoms with Crippen molar-refractivity contribution in [1.29, 1.82) is 0 Å². The van der Waals surface area contributed by atoms with Gasteiger partial charge in [0.05, 0.1) is 24.3 Å². The van der Waals surface area contributed by atoms with Crippen molar-refractivity contribution >= 4 is 31.1 Å². The Bertz CT molecular complexity index is 215. The SMILES string of the molecule is CC(O)c1cncn1C.[CH3][Mg][Br]. The number of hydrogen-bond acceptors (Lipinski definition) is 2. The van der Waals surface area contributed by atoms with Gasteiger partial charge in [-0.25, -0.2) is 4.98 Å². The Labute approximate surface area is 88.8 Å². The Morgan fingerprint density at radius 2 is 2.25 bits per heavy atom. The van der Waals surface area contributed by atoms with Gasteiger partial charge in [0.25, 0.3) is 0 Å². The van der Waals surface area contributed by atoms with E-state index >= 15 is 0 Å². The van der Waals surface area contributed by atoms with E-state index in [2.05, 4.69) is 22.9 Å². The fraction of sp³-hybridized carbons (Fsp3) is 0.571. The summed E-state index contributed by atoms with van der Waals surface area (Å²) >= 11 is 3.51. The quantitative estimate of drug-likeness (QED) is 0.762. The highest BCUT2D eigenvalue weighted by molar-refractivity contribution is 9.23. The van der Waals surface area contributed by atoms with E-state index in [1.807, 2.05) is 7.05 Å². The molecule has 0 bridgehead atoms. The summed E-state index contributed by atoms with van der Waals surface area (Å²) in [7, 11) is 1.86. The highest BCUT2D eigenvalue weighted by atomic mass is 79.9. The number of hydrogen-bond donors (Lipinski definition) is 1. The molecule has 3 nitrogen and oxygen atoms in total. The van der Waals surface area contributed by atoms with Crippen molar-refractivity contribution in [2.75, 3.05) is 0 Å². The largest absolute Gasteiger partial charge is 0.465 e. The van der Waals surface area contributed by atoms with Crippen LogP contribution in [0.5, 0.6) is 0 Å². The van der Waals surface area contributed by atoms with E-state index < -0.39 is 6.10 Å². The smallest absolute Gasteiger partial charge is 0.387 e. The van der Waals surface area contributed by atoms with Crippen LogP contribution in [0.3, 0.4) is 0 Å². The summed E-state index contributed by atoms with van der Waals surface area (Å²) in [5.74, 6) is 0. The Kier molecular flexibility index (Phi) is 7.12. The van der Waals surface area contributed by atoms with Crippen LogP contribution in [0.15, 0.2) is 12.5 Å². The highest BCUT2D eigenvalue weighted by Crippen LogP contribution is 2.07. The minimum Gasteiger partial charge on any atom is -0.387 e. The summed E-state index contributed by atoms with van der Waals surface area (Å²) in [6, 6.07) is 0. The number of rotatable bonds is 1. The first-order valence-electron chi connectivity index (χ1n) is 3.83. The molecule has 66 valence electrons. The Morgan fingerprint density at radius 1 is 1.75 bits per heavy atom. The van der Waals surface area contributed by atoms with Gasteiger partial charge < -0.3 is 22.6 Å². The first kappa shape index (κ1) is 12.4. The predicted octanol–water partition coefficient (Wildman–Crippen LogP) is 1.52. The highest BCUT2D eigenvalue weighted by Gasteiger charge is 2.02. The molecule has 0 aliphatic carbocycles. The summed E-state index contributed by atoms with van der Waals surface area (Å²) in [5.41, 5.74) is 0.843. The molecule has 0 radical (unpaired) electrons. The number of nitrogens with zero attached hydrogens (tertiary/aromatic N) is 2. The molecule has 0 saturated heterocycles. The maximum Gasteiger partial charge on any atom is 0.465 e. The normalized spacial score (nSPS) is 11.1. The summed E-state index contributed by atoms with van der Waals surface area (Å²) in [6.45, 7) is 1.72. The molecule has 5 heteroatoms. The summed E-state index contributed by atoms with van der Waals surface area (Å²) < 4.78 is 1.80. The number of imidazole rings is 1. The topological polar surface area (TPSA) is 38.1 Å². The summed E-state index contributed by atoms with van der Waals surface area (Å²) in [6.07, 6.45) is 2.91. The average Bonchev–Trinajstić information content (AvgIpc) is 2.36.